The lowest BCUT2D eigenvalue weighted by molar-refractivity contribution is -0.384. The highest BCUT2D eigenvalue weighted by Gasteiger charge is 2.55. The minimum atomic E-state index is -0.707. The molecule has 0 saturated carbocycles. The second-order valence-electron chi connectivity index (χ2n) is 6.41. The number of nitro groups is 1. The monoisotopic (exact) mass is 336 g/mol. The maximum atomic E-state index is 12.5. The normalized spacial score (nSPS) is 25.0. The summed E-state index contributed by atoms with van der Waals surface area (Å²) < 4.78 is 5.27. The maximum Gasteiger partial charge on any atom is 0.315 e. The Morgan fingerprint density at radius 2 is 1.84 bits per heavy atom. The van der Waals surface area contributed by atoms with Crippen LogP contribution in [-0.4, -0.2) is 23.2 Å². The summed E-state index contributed by atoms with van der Waals surface area (Å²) in [5.41, 5.74) is 1.99. The van der Waals surface area contributed by atoms with Gasteiger partial charge in [0, 0.05) is 30.7 Å². The zero-order valence-electron chi connectivity index (χ0n) is 13.4. The van der Waals surface area contributed by atoms with Crippen LogP contribution < -0.4 is 0 Å². The van der Waals surface area contributed by atoms with Gasteiger partial charge >= 0.3 is 5.97 Å². The molecule has 2 aromatic carbocycles. The predicted molar refractivity (Wildman–Crippen MR) is 91.4 cm³/mol. The van der Waals surface area contributed by atoms with Crippen LogP contribution in [0.15, 0.2) is 59.6 Å². The van der Waals surface area contributed by atoms with E-state index in [1.54, 1.807) is 12.1 Å². The lowest BCUT2D eigenvalue weighted by Gasteiger charge is -2.25. The fraction of sp³-hybridized carbons (Fsp3) is 0.263. The Morgan fingerprint density at radius 1 is 1.12 bits per heavy atom. The van der Waals surface area contributed by atoms with Gasteiger partial charge in [-0.3, -0.25) is 19.9 Å². The molecule has 0 aromatic heterocycles. The van der Waals surface area contributed by atoms with E-state index in [0.717, 1.165) is 16.8 Å². The smallest absolute Gasteiger partial charge is 0.315 e. The third-order valence-electron chi connectivity index (χ3n) is 5.01. The Hall–Kier alpha value is -3.02. The molecule has 126 valence electrons. The number of benzene rings is 2. The first kappa shape index (κ1) is 15.5. The van der Waals surface area contributed by atoms with E-state index >= 15 is 0 Å². The molecule has 0 N–H and O–H groups in total. The summed E-state index contributed by atoms with van der Waals surface area (Å²) in [6.07, 6.45) is 1.13. The minimum Gasteiger partial charge on any atom is -0.465 e. The van der Waals surface area contributed by atoms with Gasteiger partial charge in [0.25, 0.3) is 5.69 Å². The molecule has 2 heterocycles. The molecule has 6 heteroatoms. The number of esters is 1. The fourth-order valence-electron chi connectivity index (χ4n) is 3.68. The van der Waals surface area contributed by atoms with E-state index in [2.05, 4.69) is 0 Å². The molecular weight excluding hydrogens is 320 g/mol. The van der Waals surface area contributed by atoms with Crippen molar-refractivity contribution < 1.29 is 14.5 Å². The molecule has 0 aliphatic carbocycles. The summed E-state index contributed by atoms with van der Waals surface area (Å²) in [5.74, 6) is -0.231. The topological polar surface area (TPSA) is 81.8 Å². The Balaban J connectivity index is 1.77. The van der Waals surface area contributed by atoms with Crippen LogP contribution >= 0.6 is 0 Å². The average Bonchev–Trinajstić information content (AvgIpc) is 3.20. The van der Waals surface area contributed by atoms with Crippen molar-refractivity contribution in [3.8, 4) is 0 Å². The van der Waals surface area contributed by atoms with Crippen LogP contribution in [0, 0.1) is 15.5 Å². The number of carbonyl (C=O) groups is 1. The summed E-state index contributed by atoms with van der Waals surface area (Å²) in [7, 11) is 0. The largest absolute Gasteiger partial charge is 0.465 e. The Morgan fingerprint density at radius 3 is 2.44 bits per heavy atom. The van der Waals surface area contributed by atoms with Crippen molar-refractivity contribution >= 4 is 17.4 Å². The van der Waals surface area contributed by atoms with Gasteiger partial charge in [-0.05, 0) is 11.1 Å². The first-order chi connectivity index (χ1) is 12.1. The molecule has 2 aliphatic heterocycles. The van der Waals surface area contributed by atoms with Gasteiger partial charge in [-0.15, -0.1) is 0 Å². The number of hydrogen-bond acceptors (Lipinski definition) is 5. The summed E-state index contributed by atoms with van der Waals surface area (Å²) in [5, 5.41) is 10.9. The number of nitrogens with zero attached hydrogens (tertiary/aromatic N) is 2. The molecule has 2 atom stereocenters. The van der Waals surface area contributed by atoms with Crippen molar-refractivity contribution in [2.45, 2.75) is 18.9 Å². The molecule has 0 bridgehead atoms. The van der Waals surface area contributed by atoms with Crippen molar-refractivity contribution in [1.82, 2.24) is 0 Å². The zero-order valence-corrected chi connectivity index (χ0v) is 13.4. The minimum absolute atomic E-state index is 0.0251. The Bertz CT molecular complexity index is 861. The van der Waals surface area contributed by atoms with Crippen molar-refractivity contribution in [3.63, 3.8) is 0 Å². The number of hydrogen-bond donors (Lipinski definition) is 0. The second-order valence-corrected chi connectivity index (χ2v) is 6.41. The highest BCUT2D eigenvalue weighted by atomic mass is 16.6. The molecule has 2 aliphatic rings. The lowest BCUT2D eigenvalue weighted by Crippen LogP contribution is -2.30. The standard InChI is InChI=1S/C19H16N2O4/c22-18-19(10-11-25-18)12-16(13-4-2-1-3-5-13)20-17(19)14-6-8-15(9-7-14)21(23)24/h1-9,17H,10-12H2/t17-,19-/m1/s1. The highest BCUT2D eigenvalue weighted by molar-refractivity contribution is 6.05. The molecule has 6 nitrogen and oxygen atoms in total. The van der Waals surface area contributed by atoms with E-state index in [1.165, 1.54) is 12.1 Å². The van der Waals surface area contributed by atoms with E-state index < -0.39 is 10.3 Å². The SMILES string of the molecule is O=C1OCC[C@]12CC(c1ccccc1)=N[C@@H]2c1ccc([N+](=O)[O-])cc1. The van der Waals surface area contributed by atoms with Crippen molar-refractivity contribution in [1.29, 1.82) is 0 Å². The number of non-ortho nitro benzene ring substituents is 1. The Labute approximate surface area is 144 Å². The summed E-state index contributed by atoms with van der Waals surface area (Å²) in [6, 6.07) is 15.7. The van der Waals surface area contributed by atoms with Gasteiger partial charge < -0.3 is 4.74 Å². The van der Waals surface area contributed by atoms with Gasteiger partial charge in [0.1, 0.15) is 5.41 Å². The number of nitro benzene ring substituents is 1. The molecule has 0 amide bonds. The van der Waals surface area contributed by atoms with Crippen LogP contribution in [0.1, 0.15) is 30.0 Å². The number of cyclic esters (lactones) is 1. The van der Waals surface area contributed by atoms with Gasteiger partial charge in [0.2, 0.25) is 0 Å². The third-order valence-corrected chi connectivity index (χ3v) is 5.01. The quantitative estimate of drug-likeness (QED) is 0.488. The molecule has 4 rings (SSSR count). The lowest BCUT2D eigenvalue weighted by atomic mass is 9.74. The number of ether oxygens (including phenoxy) is 1. The van der Waals surface area contributed by atoms with Crippen molar-refractivity contribution in [2.75, 3.05) is 6.61 Å². The molecule has 2 aromatic rings. The second kappa shape index (κ2) is 5.81. The zero-order chi connectivity index (χ0) is 17.4. The van der Waals surface area contributed by atoms with Crippen LogP contribution in [0.4, 0.5) is 5.69 Å². The molecule has 1 fully saturated rings. The molecular formula is C19H16N2O4. The van der Waals surface area contributed by atoms with Crippen LogP contribution in [-0.2, 0) is 9.53 Å². The van der Waals surface area contributed by atoms with Crippen molar-refractivity contribution in [3.05, 3.63) is 75.8 Å². The summed E-state index contributed by atoms with van der Waals surface area (Å²) >= 11 is 0. The number of rotatable bonds is 3. The van der Waals surface area contributed by atoms with Crippen LogP contribution in [0.2, 0.25) is 0 Å². The van der Waals surface area contributed by atoms with Crippen LogP contribution in [0.25, 0.3) is 0 Å². The summed E-state index contributed by atoms with van der Waals surface area (Å²) in [6.45, 7) is 0.389. The molecule has 1 saturated heterocycles. The van der Waals surface area contributed by atoms with Crippen LogP contribution in [0.5, 0.6) is 0 Å². The fourth-order valence-corrected chi connectivity index (χ4v) is 3.68. The van der Waals surface area contributed by atoms with Gasteiger partial charge in [0.15, 0.2) is 0 Å². The summed E-state index contributed by atoms with van der Waals surface area (Å²) in [4.78, 5) is 27.8. The molecule has 0 unspecified atom stereocenters. The van der Waals surface area contributed by atoms with E-state index in [0.29, 0.717) is 19.4 Å². The van der Waals surface area contributed by atoms with Gasteiger partial charge in [-0.2, -0.15) is 0 Å². The van der Waals surface area contributed by atoms with E-state index in [4.69, 9.17) is 9.73 Å². The first-order valence-corrected chi connectivity index (χ1v) is 8.14. The van der Waals surface area contributed by atoms with Gasteiger partial charge in [-0.1, -0.05) is 42.5 Å². The Kier molecular flexibility index (Phi) is 3.60. The number of aliphatic imine (C=N–C) groups is 1. The van der Waals surface area contributed by atoms with E-state index in [9.17, 15) is 14.9 Å². The molecule has 25 heavy (non-hydrogen) atoms. The number of carbonyl (C=O) groups excluding carboxylic acids is 1. The first-order valence-electron chi connectivity index (χ1n) is 8.14. The van der Waals surface area contributed by atoms with E-state index in [1.807, 2.05) is 30.3 Å². The van der Waals surface area contributed by atoms with Crippen molar-refractivity contribution in [2.24, 2.45) is 10.4 Å². The average molecular weight is 336 g/mol. The molecule has 0 radical (unpaired) electrons. The predicted octanol–water partition coefficient (Wildman–Crippen LogP) is 3.46. The van der Waals surface area contributed by atoms with E-state index in [-0.39, 0.29) is 17.7 Å². The van der Waals surface area contributed by atoms with Gasteiger partial charge in [0.05, 0.1) is 17.6 Å². The van der Waals surface area contributed by atoms with Gasteiger partial charge in [-0.25, -0.2) is 0 Å². The third kappa shape index (κ3) is 2.50. The van der Waals surface area contributed by atoms with Crippen LogP contribution in [0.3, 0.4) is 0 Å². The maximum absolute atomic E-state index is 12.5. The molecule has 1 spiro atoms. The highest BCUT2D eigenvalue weighted by Crippen LogP contribution is 2.52.